The number of aliphatic carboxylic acids is 1. The highest BCUT2D eigenvalue weighted by Crippen LogP contribution is 2.20. The van der Waals surface area contributed by atoms with E-state index in [1.54, 1.807) is 17.0 Å². The first kappa shape index (κ1) is 17.2. The van der Waals surface area contributed by atoms with Crippen molar-refractivity contribution in [3.8, 4) is 0 Å². The summed E-state index contributed by atoms with van der Waals surface area (Å²) in [6.07, 6.45) is 4.95. The molecule has 1 aromatic rings. The first-order valence-corrected chi connectivity index (χ1v) is 7.46. The van der Waals surface area contributed by atoms with Crippen molar-refractivity contribution in [3.63, 3.8) is 0 Å². The van der Waals surface area contributed by atoms with Crippen LogP contribution in [0.5, 0.6) is 0 Å². The van der Waals surface area contributed by atoms with Gasteiger partial charge in [0, 0.05) is 31.9 Å². The molecule has 0 saturated carbocycles. The second-order valence-electron chi connectivity index (χ2n) is 5.52. The maximum Gasteiger partial charge on any atom is 0.303 e. The van der Waals surface area contributed by atoms with Crippen molar-refractivity contribution in [1.82, 2.24) is 9.55 Å². The fourth-order valence-corrected chi connectivity index (χ4v) is 2.31. The number of aromatic nitrogens is 2. The molecule has 0 radical (unpaired) electrons. The van der Waals surface area contributed by atoms with Crippen molar-refractivity contribution in [2.24, 2.45) is 11.8 Å². The largest absolute Gasteiger partial charge is 0.481 e. The minimum atomic E-state index is -0.760. The van der Waals surface area contributed by atoms with Crippen LogP contribution >= 0.6 is 0 Å². The van der Waals surface area contributed by atoms with Crippen LogP contribution in [0.3, 0.4) is 0 Å². The van der Waals surface area contributed by atoms with Crippen LogP contribution in [-0.2, 0) is 11.3 Å². The maximum absolute atomic E-state index is 12.0. The number of anilines is 1. The van der Waals surface area contributed by atoms with Crippen LogP contribution < -0.4 is 10.9 Å². The van der Waals surface area contributed by atoms with Gasteiger partial charge in [-0.25, -0.2) is 4.98 Å². The van der Waals surface area contributed by atoms with Crippen molar-refractivity contribution in [2.75, 3.05) is 11.9 Å². The molecule has 1 rings (SSSR count). The lowest BCUT2D eigenvalue weighted by Crippen LogP contribution is -2.25. The molecular formula is C15H25N3O3. The van der Waals surface area contributed by atoms with Crippen LogP contribution in [-0.4, -0.2) is 27.2 Å². The second-order valence-corrected chi connectivity index (χ2v) is 5.52. The van der Waals surface area contributed by atoms with Crippen LogP contribution in [0.25, 0.3) is 0 Å². The van der Waals surface area contributed by atoms with Gasteiger partial charge in [0.15, 0.2) is 5.82 Å². The predicted molar refractivity (Wildman–Crippen MR) is 82.5 cm³/mol. The second kappa shape index (κ2) is 8.44. The lowest BCUT2D eigenvalue weighted by atomic mass is 9.88. The summed E-state index contributed by atoms with van der Waals surface area (Å²) in [5, 5.41) is 11.8. The first-order chi connectivity index (χ1) is 9.95. The topological polar surface area (TPSA) is 84.2 Å². The van der Waals surface area contributed by atoms with Gasteiger partial charge in [-0.3, -0.25) is 9.59 Å². The number of aryl methyl sites for hydroxylation is 1. The third kappa shape index (κ3) is 5.57. The number of carboxylic acid groups (broad SMARTS) is 1. The van der Waals surface area contributed by atoms with Crippen LogP contribution in [0.4, 0.5) is 5.82 Å². The highest BCUT2D eigenvalue weighted by molar-refractivity contribution is 5.66. The normalized spacial score (nSPS) is 12.4. The molecule has 0 aromatic carbocycles. The van der Waals surface area contributed by atoms with E-state index in [-0.39, 0.29) is 12.0 Å². The molecule has 118 valence electrons. The van der Waals surface area contributed by atoms with Crippen LogP contribution in [0.15, 0.2) is 17.2 Å². The maximum atomic E-state index is 12.0. The molecule has 1 aromatic heterocycles. The molecule has 0 saturated heterocycles. The summed E-state index contributed by atoms with van der Waals surface area (Å²) in [6.45, 7) is 7.34. The number of nitrogens with one attached hydrogen (secondary N) is 1. The van der Waals surface area contributed by atoms with Gasteiger partial charge in [-0.1, -0.05) is 13.8 Å². The molecule has 1 atom stereocenters. The molecule has 0 fully saturated rings. The Hall–Kier alpha value is -1.85. The highest BCUT2D eigenvalue weighted by Gasteiger charge is 2.15. The Morgan fingerprint density at radius 1 is 1.43 bits per heavy atom. The van der Waals surface area contributed by atoms with Gasteiger partial charge in [-0.2, -0.15) is 0 Å². The quantitative estimate of drug-likeness (QED) is 0.729. The van der Waals surface area contributed by atoms with E-state index >= 15 is 0 Å². The monoisotopic (exact) mass is 295 g/mol. The van der Waals surface area contributed by atoms with Crippen molar-refractivity contribution in [3.05, 3.63) is 22.7 Å². The van der Waals surface area contributed by atoms with E-state index in [1.165, 1.54) is 0 Å². The Morgan fingerprint density at radius 3 is 2.71 bits per heavy atom. The summed E-state index contributed by atoms with van der Waals surface area (Å²) in [5.41, 5.74) is -0.119. The van der Waals surface area contributed by atoms with Gasteiger partial charge in [0.25, 0.3) is 5.56 Å². The summed E-state index contributed by atoms with van der Waals surface area (Å²) in [7, 11) is 0. The predicted octanol–water partition coefficient (Wildman–Crippen LogP) is 2.20. The average molecular weight is 295 g/mol. The summed E-state index contributed by atoms with van der Waals surface area (Å²) in [4.78, 5) is 26.7. The molecule has 1 heterocycles. The molecule has 0 bridgehead atoms. The molecule has 2 N–H and O–H groups in total. The van der Waals surface area contributed by atoms with Gasteiger partial charge in [-0.15, -0.1) is 0 Å². The molecule has 0 aliphatic heterocycles. The number of rotatable bonds is 9. The van der Waals surface area contributed by atoms with E-state index in [9.17, 15) is 9.59 Å². The van der Waals surface area contributed by atoms with E-state index in [2.05, 4.69) is 24.1 Å². The Balaban J connectivity index is 2.54. The fraction of sp³-hybridized carbons (Fsp3) is 0.667. The van der Waals surface area contributed by atoms with Gasteiger partial charge < -0.3 is 15.0 Å². The molecule has 6 nitrogen and oxygen atoms in total. The molecule has 0 aliphatic carbocycles. The zero-order valence-electron chi connectivity index (χ0n) is 13.0. The summed E-state index contributed by atoms with van der Waals surface area (Å²) in [5.74, 6) is 0.345. The van der Waals surface area contributed by atoms with Gasteiger partial charge in [-0.05, 0) is 31.6 Å². The zero-order chi connectivity index (χ0) is 15.8. The van der Waals surface area contributed by atoms with Crippen LogP contribution in [0, 0.1) is 11.8 Å². The van der Waals surface area contributed by atoms with Gasteiger partial charge in [0.1, 0.15) is 0 Å². The first-order valence-electron chi connectivity index (χ1n) is 7.46. The van der Waals surface area contributed by atoms with E-state index < -0.39 is 5.97 Å². The Morgan fingerprint density at radius 2 is 2.14 bits per heavy atom. The van der Waals surface area contributed by atoms with Gasteiger partial charge in [0.2, 0.25) is 0 Å². The number of hydrogen-bond donors (Lipinski definition) is 2. The summed E-state index contributed by atoms with van der Waals surface area (Å²) < 4.78 is 1.60. The van der Waals surface area contributed by atoms with Crippen LogP contribution in [0.2, 0.25) is 0 Å². The molecule has 0 aliphatic rings. The molecule has 6 heteroatoms. The van der Waals surface area contributed by atoms with E-state index in [1.807, 2.05) is 6.92 Å². The minimum Gasteiger partial charge on any atom is -0.481 e. The van der Waals surface area contributed by atoms with Crippen molar-refractivity contribution < 1.29 is 9.90 Å². The molecule has 0 spiro atoms. The standard InChI is InChI=1S/C15H25N3O3/c1-4-18-10-9-17-14(15(18)21)16-8-7-12(11(2)3)5-6-13(19)20/h9-12H,4-8H2,1-3H3,(H,16,17)(H,19,20). The smallest absolute Gasteiger partial charge is 0.303 e. The third-order valence-electron chi connectivity index (χ3n) is 3.73. The van der Waals surface area contributed by atoms with Crippen LogP contribution in [0.1, 0.15) is 40.0 Å². The molecule has 1 unspecified atom stereocenters. The summed E-state index contributed by atoms with van der Waals surface area (Å²) >= 11 is 0. The number of hydrogen-bond acceptors (Lipinski definition) is 4. The molecular weight excluding hydrogens is 270 g/mol. The van der Waals surface area contributed by atoms with Gasteiger partial charge >= 0.3 is 5.97 Å². The third-order valence-corrected chi connectivity index (χ3v) is 3.73. The lowest BCUT2D eigenvalue weighted by Gasteiger charge is -2.20. The minimum absolute atomic E-state index is 0.119. The fourth-order valence-electron chi connectivity index (χ4n) is 2.31. The van der Waals surface area contributed by atoms with Crippen molar-refractivity contribution in [2.45, 2.75) is 46.6 Å². The zero-order valence-corrected chi connectivity index (χ0v) is 13.0. The highest BCUT2D eigenvalue weighted by atomic mass is 16.4. The number of carbonyl (C=O) groups is 1. The van der Waals surface area contributed by atoms with E-state index in [0.717, 1.165) is 6.42 Å². The molecule has 21 heavy (non-hydrogen) atoms. The number of carboxylic acids is 1. The Kier molecular flexibility index (Phi) is 6.91. The average Bonchev–Trinajstić information content (AvgIpc) is 2.43. The van der Waals surface area contributed by atoms with E-state index in [4.69, 9.17) is 5.11 Å². The van der Waals surface area contributed by atoms with Crippen molar-refractivity contribution in [1.29, 1.82) is 0 Å². The number of nitrogens with zero attached hydrogens (tertiary/aromatic N) is 2. The summed E-state index contributed by atoms with van der Waals surface area (Å²) in [6, 6.07) is 0. The van der Waals surface area contributed by atoms with Crippen molar-refractivity contribution >= 4 is 11.8 Å². The molecule has 0 amide bonds. The SMILES string of the molecule is CCn1ccnc(NCCC(CCC(=O)O)C(C)C)c1=O. The lowest BCUT2D eigenvalue weighted by molar-refractivity contribution is -0.137. The Labute approximate surface area is 125 Å². The Bertz CT molecular complexity index is 511. The van der Waals surface area contributed by atoms with E-state index in [0.29, 0.717) is 37.2 Å². The van der Waals surface area contributed by atoms with Gasteiger partial charge in [0.05, 0.1) is 0 Å².